The van der Waals surface area contributed by atoms with Gasteiger partial charge in [-0.1, -0.05) is 60.7 Å². The van der Waals surface area contributed by atoms with E-state index in [-0.39, 0.29) is 12.2 Å². The van der Waals surface area contributed by atoms with Gasteiger partial charge in [0.25, 0.3) is 0 Å². The Hall–Kier alpha value is -2.78. The molecule has 0 saturated carbocycles. The first-order valence-electron chi connectivity index (χ1n) is 8.15. The average Bonchev–Trinajstić information content (AvgIpc) is 2.68. The van der Waals surface area contributed by atoms with Crippen LogP contribution in [-0.4, -0.2) is 7.11 Å². The largest absolute Gasteiger partial charge is 0.497 e. The van der Waals surface area contributed by atoms with Crippen LogP contribution in [-0.2, 0) is 0 Å². The Balaban J connectivity index is 1.72. The Morgan fingerprint density at radius 1 is 0.750 bits per heavy atom. The molecule has 3 aromatic carbocycles. The Morgan fingerprint density at radius 2 is 1.46 bits per heavy atom. The smallest absolute Gasteiger partial charge is 0.118 e. The maximum atomic E-state index is 5.26. The number of fused-ring (bicyclic) bond motifs is 1. The third-order valence-electron chi connectivity index (χ3n) is 4.49. The Morgan fingerprint density at radius 3 is 2.21 bits per heavy atom. The highest BCUT2D eigenvalue weighted by Crippen LogP contribution is 2.36. The molecule has 2 N–H and O–H groups in total. The molecule has 3 nitrogen and oxygen atoms in total. The first kappa shape index (κ1) is 14.8. The zero-order valence-corrected chi connectivity index (χ0v) is 13.6. The van der Waals surface area contributed by atoms with Gasteiger partial charge in [0.1, 0.15) is 11.9 Å². The summed E-state index contributed by atoms with van der Waals surface area (Å²) in [4.78, 5) is 0. The van der Waals surface area contributed by atoms with E-state index in [2.05, 4.69) is 77.4 Å². The predicted octanol–water partition coefficient (Wildman–Crippen LogP) is 4.50. The predicted molar refractivity (Wildman–Crippen MR) is 97.2 cm³/mol. The fourth-order valence-electron chi connectivity index (χ4n) is 3.23. The number of rotatable bonds is 3. The molecule has 1 aliphatic heterocycles. The Labute approximate surface area is 142 Å². The van der Waals surface area contributed by atoms with Crippen LogP contribution < -0.4 is 15.4 Å². The quantitative estimate of drug-likeness (QED) is 0.746. The summed E-state index contributed by atoms with van der Waals surface area (Å²) in [6.45, 7) is 0. The second-order valence-corrected chi connectivity index (χ2v) is 5.95. The van der Waals surface area contributed by atoms with Crippen molar-refractivity contribution >= 4 is 5.69 Å². The van der Waals surface area contributed by atoms with Crippen molar-refractivity contribution in [3.05, 3.63) is 95.6 Å². The fraction of sp³-hybridized carbons (Fsp3) is 0.143. The third-order valence-corrected chi connectivity index (χ3v) is 4.49. The molecule has 2 unspecified atom stereocenters. The summed E-state index contributed by atoms with van der Waals surface area (Å²) in [5, 5.41) is 7.33. The maximum absolute atomic E-state index is 5.26. The number of nitrogens with one attached hydrogen (secondary N) is 2. The minimum Gasteiger partial charge on any atom is -0.497 e. The highest BCUT2D eigenvalue weighted by Gasteiger charge is 2.27. The maximum Gasteiger partial charge on any atom is 0.118 e. The number of benzene rings is 3. The molecule has 4 rings (SSSR count). The lowest BCUT2D eigenvalue weighted by Gasteiger charge is -2.35. The normalized spacial score (nSPS) is 19.2. The van der Waals surface area contributed by atoms with Crippen molar-refractivity contribution in [3.63, 3.8) is 0 Å². The summed E-state index contributed by atoms with van der Waals surface area (Å²) < 4.78 is 5.26. The molecule has 0 spiro atoms. The van der Waals surface area contributed by atoms with Gasteiger partial charge in [0.15, 0.2) is 0 Å². The summed E-state index contributed by atoms with van der Waals surface area (Å²) >= 11 is 0. The summed E-state index contributed by atoms with van der Waals surface area (Å²) in [7, 11) is 1.69. The van der Waals surface area contributed by atoms with Gasteiger partial charge < -0.3 is 10.1 Å². The summed E-state index contributed by atoms with van der Waals surface area (Å²) in [5.41, 5.74) is 4.90. The van der Waals surface area contributed by atoms with Crippen molar-refractivity contribution in [2.45, 2.75) is 12.2 Å². The molecule has 0 aromatic heterocycles. The number of ether oxygens (including phenoxy) is 1. The van der Waals surface area contributed by atoms with Crippen molar-refractivity contribution in [3.8, 4) is 5.75 Å². The van der Waals surface area contributed by atoms with Crippen molar-refractivity contribution in [2.75, 3.05) is 12.4 Å². The molecular weight excluding hydrogens is 296 g/mol. The van der Waals surface area contributed by atoms with Gasteiger partial charge in [-0.3, -0.25) is 5.32 Å². The van der Waals surface area contributed by atoms with Gasteiger partial charge in [0.05, 0.1) is 13.2 Å². The van der Waals surface area contributed by atoms with Gasteiger partial charge in [0, 0.05) is 5.69 Å². The van der Waals surface area contributed by atoms with Gasteiger partial charge in [-0.25, -0.2) is 0 Å². The third kappa shape index (κ3) is 2.74. The lowest BCUT2D eigenvalue weighted by Crippen LogP contribution is -2.37. The van der Waals surface area contributed by atoms with E-state index in [0.717, 1.165) is 5.75 Å². The van der Waals surface area contributed by atoms with E-state index in [9.17, 15) is 0 Å². The number of methoxy groups -OCH3 is 1. The van der Waals surface area contributed by atoms with Gasteiger partial charge >= 0.3 is 0 Å². The van der Waals surface area contributed by atoms with Crippen LogP contribution in [0.1, 0.15) is 28.9 Å². The van der Waals surface area contributed by atoms with Crippen molar-refractivity contribution in [2.24, 2.45) is 0 Å². The molecule has 2 atom stereocenters. The minimum atomic E-state index is 0.0519. The highest BCUT2D eigenvalue weighted by atomic mass is 16.5. The second kappa shape index (κ2) is 6.38. The van der Waals surface area contributed by atoms with Crippen LogP contribution in [0.4, 0.5) is 5.69 Å². The lowest BCUT2D eigenvalue weighted by molar-refractivity contribution is 0.414. The van der Waals surface area contributed by atoms with E-state index in [4.69, 9.17) is 4.74 Å². The summed E-state index contributed by atoms with van der Waals surface area (Å²) in [6.07, 6.45) is 0.0519. The van der Waals surface area contributed by atoms with Gasteiger partial charge in [-0.15, -0.1) is 0 Å². The monoisotopic (exact) mass is 316 g/mol. The van der Waals surface area contributed by atoms with Crippen LogP contribution in [0.25, 0.3) is 0 Å². The molecular formula is C21H20N2O. The summed E-state index contributed by atoms with van der Waals surface area (Å²) in [6, 6.07) is 27.4. The number of para-hydroxylation sites is 1. The SMILES string of the molecule is COc1ccc(C2Nc3ccccc3C(c3ccccc3)N2)cc1. The van der Waals surface area contributed by atoms with Crippen LogP contribution in [0.2, 0.25) is 0 Å². The van der Waals surface area contributed by atoms with E-state index in [1.54, 1.807) is 7.11 Å². The molecule has 0 bridgehead atoms. The van der Waals surface area contributed by atoms with Gasteiger partial charge in [-0.05, 0) is 34.9 Å². The van der Waals surface area contributed by atoms with E-state index in [1.165, 1.54) is 22.4 Å². The van der Waals surface area contributed by atoms with E-state index >= 15 is 0 Å². The van der Waals surface area contributed by atoms with E-state index in [0.29, 0.717) is 0 Å². The van der Waals surface area contributed by atoms with Crippen LogP contribution in [0.5, 0.6) is 5.75 Å². The minimum absolute atomic E-state index is 0.0519. The number of hydrogen-bond acceptors (Lipinski definition) is 3. The van der Waals surface area contributed by atoms with Gasteiger partial charge in [-0.2, -0.15) is 0 Å². The molecule has 0 radical (unpaired) electrons. The Kier molecular flexibility index (Phi) is 3.93. The number of anilines is 1. The standard InChI is InChI=1S/C21H20N2O/c1-24-17-13-11-16(12-14-17)21-22-19-10-6-5-9-18(19)20(23-21)15-7-3-2-4-8-15/h2-14,20-23H,1H3. The zero-order chi connectivity index (χ0) is 16.4. The first-order chi connectivity index (χ1) is 11.8. The molecule has 0 aliphatic carbocycles. The van der Waals surface area contributed by atoms with E-state index < -0.39 is 0 Å². The molecule has 1 heterocycles. The Bertz CT molecular complexity index is 815. The molecule has 0 fully saturated rings. The van der Waals surface area contributed by atoms with Crippen LogP contribution in [0.15, 0.2) is 78.9 Å². The molecule has 1 aliphatic rings. The van der Waals surface area contributed by atoms with Crippen LogP contribution >= 0.6 is 0 Å². The average molecular weight is 316 g/mol. The zero-order valence-electron chi connectivity index (χ0n) is 13.6. The van der Waals surface area contributed by atoms with Crippen LogP contribution in [0.3, 0.4) is 0 Å². The fourth-order valence-corrected chi connectivity index (χ4v) is 3.23. The molecule has 3 heteroatoms. The highest BCUT2D eigenvalue weighted by molar-refractivity contribution is 5.58. The van der Waals surface area contributed by atoms with Crippen molar-refractivity contribution in [1.29, 1.82) is 0 Å². The van der Waals surface area contributed by atoms with Crippen LogP contribution in [0, 0.1) is 0 Å². The topological polar surface area (TPSA) is 33.3 Å². The second-order valence-electron chi connectivity index (χ2n) is 5.95. The molecule has 0 saturated heterocycles. The molecule has 3 aromatic rings. The van der Waals surface area contributed by atoms with Gasteiger partial charge in [0.2, 0.25) is 0 Å². The van der Waals surface area contributed by atoms with Crippen molar-refractivity contribution < 1.29 is 4.74 Å². The first-order valence-corrected chi connectivity index (χ1v) is 8.15. The van der Waals surface area contributed by atoms with E-state index in [1.807, 2.05) is 12.1 Å². The molecule has 120 valence electrons. The lowest BCUT2D eigenvalue weighted by atomic mass is 9.93. The summed E-state index contributed by atoms with van der Waals surface area (Å²) in [5.74, 6) is 0.870. The molecule has 0 amide bonds. The number of hydrogen-bond donors (Lipinski definition) is 2. The molecule has 24 heavy (non-hydrogen) atoms. The van der Waals surface area contributed by atoms with Crippen molar-refractivity contribution in [1.82, 2.24) is 5.32 Å².